The highest BCUT2D eigenvalue weighted by Crippen LogP contribution is 2.25. The molecule has 2 nitrogen and oxygen atoms in total. The van der Waals surface area contributed by atoms with Crippen molar-refractivity contribution in [2.45, 2.75) is 30.4 Å². The van der Waals surface area contributed by atoms with Gasteiger partial charge >= 0.3 is 0 Å². The molecule has 0 atom stereocenters. The average molecular weight is 288 g/mol. The molecule has 3 heteroatoms. The zero-order valence-corrected chi connectivity index (χ0v) is 12.5. The highest BCUT2D eigenvalue weighted by atomic mass is 32.2. The Morgan fingerprint density at radius 2 is 1.70 bits per heavy atom. The number of hydrogen-bond donors (Lipinski definition) is 1. The maximum absolute atomic E-state index is 9.24. The SMILES string of the molecule is CCCCOc1ccc(CSc2ccc(O)cc2)cc1. The Kier molecular flexibility index (Phi) is 5.81. The molecule has 0 aliphatic rings. The summed E-state index contributed by atoms with van der Waals surface area (Å²) in [4.78, 5) is 1.16. The van der Waals surface area contributed by atoms with Gasteiger partial charge in [-0.15, -0.1) is 11.8 Å². The van der Waals surface area contributed by atoms with Crippen LogP contribution >= 0.6 is 11.8 Å². The summed E-state index contributed by atoms with van der Waals surface area (Å²) in [7, 11) is 0. The molecule has 0 heterocycles. The fourth-order valence-corrected chi connectivity index (χ4v) is 2.58. The van der Waals surface area contributed by atoms with Crippen LogP contribution in [-0.2, 0) is 5.75 Å². The summed E-state index contributed by atoms with van der Waals surface area (Å²) < 4.78 is 5.64. The van der Waals surface area contributed by atoms with E-state index in [0.717, 1.165) is 35.8 Å². The zero-order valence-electron chi connectivity index (χ0n) is 11.7. The van der Waals surface area contributed by atoms with Crippen LogP contribution in [0.3, 0.4) is 0 Å². The molecule has 0 saturated carbocycles. The van der Waals surface area contributed by atoms with E-state index in [1.54, 1.807) is 23.9 Å². The van der Waals surface area contributed by atoms with Gasteiger partial charge < -0.3 is 9.84 Å². The van der Waals surface area contributed by atoms with Gasteiger partial charge in [0.15, 0.2) is 0 Å². The molecule has 0 aliphatic heterocycles. The van der Waals surface area contributed by atoms with E-state index in [2.05, 4.69) is 19.1 Å². The van der Waals surface area contributed by atoms with Crippen LogP contribution in [0.15, 0.2) is 53.4 Å². The third-order valence-electron chi connectivity index (χ3n) is 2.93. The van der Waals surface area contributed by atoms with Gasteiger partial charge in [0, 0.05) is 10.6 Å². The number of unbranched alkanes of at least 4 members (excludes halogenated alkanes) is 1. The van der Waals surface area contributed by atoms with Gasteiger partial charge in [-0.3, -0.25) is 0 Å². The minimum absolute atomic E-state index is 0.308. The van der Waals surface area contributed by atoms with Gasteiger partial charge in [-0.25, -0.2) is 0 Å². The first kappa shape index (κ1) is 14.8. The topological polar surface area (TPSA) is 29.5 Å². The summed E-state index contributed by atoms with van der Waals surface area (Å²) in [6, 6.07) is 15.6. The Labute approximate surface area is 124 Å². The lowest BCUT2D eigenvalue weighted by atomic mass is 10.2. The molecule has 2 rings (SSSR count). The standard InChI is InChI=1S/C17H20O2S/c1-2-3-12-19-16-8-4-14(5-9-16)13-20-17-10-6-15(18)7-11-17/h4-11,18H,2-3,12-13H2,1H3. The van der Waals surface area contributed by atoms with Crippen molar-refractivity contribution in [3.05, 3.63) is 54.1 Å². The van der Waals surface area contributed by atoms with Crippen LogP contribution < -0.4 is 4.74 Å². The predicted octanol–water partition coefficient (Wildman–Crippen LogP) is 4.86. The first-order valence-electron chi connectivity index (χ1n) is 6.91. The molecular weight excluding hydrogens is 268 g/mol. The molecule has 2 aromatic rings. The summed E-state index contributed by atoms with van der Waals surface area (Å²) in [5.74, 6) is 2.17. The molecule has 2 aromatic carbocycles. The quantitative estimate of drug-likeness (QED) is 0.582. The number of phenolic OH excluding ortho intramolecular Hbond substituents is 1. The molecule has 1 N–H and O–H groups in total. The third kappa shape index (κ3) is 4.82. The normalized spacial score (nSPS) is 10.4. The average Bonchev–Trinajstić information content (AvgIpc) is 2.48. The highest BCUT2D eigenvalue weighted by Gasteiger charge is 1.98. The fourth-order valence-electron chi connectivity index (χ4n) is 1.73. The molecule has 0 aromatic heterocycles. The van der Waals surface area contributed by atoms with E-state index in [-0.39, 0.29) is 0 Å². The molecule has 0 spiro atoms. The van der Waals surface area contributed by atoms with E-state index in [9.17, 15) is 5.11 Å². The van der Waals surface area contributed by atoms with Crippen molar-refractivity contribution in [3.8, 4) is 11.5 Å². The van der Waals surface area contributed by atoms with Crippen molar-refractivity contribution < 1.29 is 9.84 Å². The first-order valence-corrected chi connectivity index (χ1v) is 7.90. The van der Waals surface area contributed by atoms with Gasteiger partial charge in [-0.2, -0.15) is 0 Å². The molecular formula is C17H20O2S. The first-order chi connectivity index (χ1) is 9.78. The van der Waals surface area contributed by atoms with Crippen molar-refractivity contribution in [2.24, 2.45) is 0 Å². The Balaban J connectivity index is 1.82. The summed E-state index contributed by atoms with van der Waals surface area (Å²) in [6.45, 7) is 2.95. The number of phenols is 1. The lowest BCUT2D eigenvalue weighted by Gasteiger charge is -2.06. The van der Waals surface area contributed by atoms with Crippen LogP contribution in [0.25, 0.3) is 0 Å². The van der Waals surface area contributed by atoms with E-state index >= 15 is 0 Å². The molecule has 0 radical (unpaired) electrons. The van der Waals surface area contributed by atoms with Gasteiger partial charge in [0.25, 0.3) is 0 Å². The number of rotatable bonds is 7. The Bertz CT molecular complexity index is 506. The molecule has 0 amide bonds. The van der Waals surface area contributed by atoms with Crippen LogP contribution in [0, 0.1) is 0 Å². The molecule has 106 valence electrons. The van der Waals surface area contributed by atoms with Crippen LogP contribution in [0.2, 0.25) is 0 Å². The van der Waals surface area contributed by atoms with Gasteiger partial charge in [0.1, 0.15) is 11.5 Å². The number of ether oxygens (including phenoxy) is 1. The highest BCUT2D eigenvalue weighted by molar-refractivity contribution is 7.98. The van der Waals surface area contributed by atoms with Crippen molar-refractivity contribution in [3.63, 3.8) is 0 Å². The Hall–Kier alpha value is -1.61. The number of thioether (sulfide) groups is 1. The van der Waals surface area contributed by atoms with Crippen LogP contribution in [-0.4, -0.2) is 11.7 Å². The molecule has 0 bridgehead atoms. The summed E-state index contributed by atoms with van der Waals surface area (Å²) in [5, 5.41) is 9.24. The predicted molar refractivity (Wildman–Crippen MR) is 84.5 cm³/mol. The number of benzene rings is 2. The number of hydrogen-bond acceptors (Lipinski definition) is 3. The van der Waals surface area contributed by atoms with Crippen molar-refractivity contribution in [2.75, 3.05) is 6.61 Å². The van der Waals surface area contributed by atoms with Gasteiger partial charge in [-0.05, 0) is 48.4 Å². The molecule has 0 saturated heterocycles. The maximum Gasteiger partial charge on any atom is 0.119 e. The second kappa shape index (κ2) is 7.85. The van der Waals surface area contributed by atoms with Crippen molar-refractivity contribution >= 4 is 11.8 Å². The van der Waals surface area contributed by atoms with Gasteiger partial charge in [0.05, 0.1) is 6.61 Å². The van der Waals surface area contributed by atoms with E-state index in [1.807, 2.05) is 24.3 Å². The smallest absolute Gasteiger partial charge is 0.119 e. The van der Waals surface area contributed by atoms with E-state index in [1.165, 1.54) is 5.56 Å². The second-order valence-electron chi connectivity index (χ2n) is 4.63. The van der Waals surface area contributed by atoms with Crippen LogP contribution in [0.1, 0.15) is 25.3 Å². The minimum atomic E-state index is 0.308. The fraction of sp³-hybridized carbons (Fsp3) is 0.294. The third-order valence-corrected chi connectivity index (χ3v) is 4.02. The van der Waals surface area contributed by atoms with Gasteiger partial charge in [0.2, 0.25) is 0 Å². The largest absolute Gasteiger partial charge is 0.508 e. The van der Waals surface area contributed by atoms with Gasteiger partial charge in [-0.1, -0.05) is 25.5 Å². The summed E-state index contributed by atoms with van der Waals surface area (Å²) >= 11 is 1.76. The lowest BCUT2D eigenvalue weighted by molar-refractivity contribution is 0.309. The lowest BCUT2D eigenvalue weighted by Crippen LogP contribution is -1.96. The maximum atomic E-state index is 9.24. The number of aromatic hydroxyl groups is 1. The van der Waals surface area contributed by atoms with E-state index in [0.29, 0.717) is 5.75 Å². The van der Waals surface area contributed by atoms with E-state index < -0.39 is 0 Å². The monoisotopic (exact) mass is 288 g/mol. The van der Waals surface area contributed by atoms with Crippen molar-refractivity contribution in [1.82, 2.24) is 0 Å². The zero-order chi connectivity index (χ0) is 14.2. The van der Waals surface area contributed by atoms with E-state index in [4.69, 9.17) is 4.74 Å². The molecule has 0 aliphatic carbocycles. The Morgan fingerprint density at radius 1 is 1.00 bits per heavy atom. The Morgan fingerprint density at radius 3 is 2.35 bits per heavy atom. The van der Waals surface area contributed by atoms with Crippen LogP contribution in [0.4, 0.5) is 0 Å². The summed E-state index contributed by atoms with van der Waals surface area (Å²) in [6.07, 6.45) is 2.25. The molecule has 0 fully saturated rings. The van der Waals surface area contributed by atoms with Crippen molar-refractivity contribution in [1.29, 1.82) is 0 Å². The molecule has 0 unspecified atom stereocenters. The minimum Gasteiger partial charge on any atom is -0.508 e. The second-order valence-corrected chi connectivity index (χ2v) is 5.68. The summed E-state index contributed by atoms with van der Waals surface area (Å²) in [5.41, 5.74) is 1.27. The molecule has 20 heavy (non-hydrogen) atoms. The van der Waals surface area contributed by atoms with Crippen LogP contribution in [0.5, 0.6) is 11.5 Å².